The Balaban J connectivity index is 1.12. The quantitative estimate of drug-likeness (QED) is 0.524. The van der Waals surface area contributed by atoms with Crippen LogP contribution < -0.4 is 10.6 Å². The highest BCUT2D eigenvalue weighted by Gasteiger charge is 2.57. The second kappa shape index (κ2) is 9.06. The van der Waals surface area contributed by atoms with E-state index in [1.807, 2.05) is 36.6 Å². The van der Waals surface area contributed by atoms with Crippen molar-refractivity contribution >= 4 is 22.9 Å². The summed E-state index contributed by atoms with van der Waals surface area (Å²) >= 11 is 0. The fraction of sp³-hybridized carbons (Fsp3) is 0.556. The Morgan fingerprint density at radius 3 is 2.71 bits per heavy atom. The number of nitrogens with zero attached hydrogens (tertiary/aromatic N) is 5. The molecule has 4 aliphatic rings. The molecule has 1 aromatic carbocycles. The van der Waals surface area contributed by atoms with E-state index >= 15 is 0 Å². The molecule has 11 heteroatoms. The van der Waals surface area contributed by atoms with Gasteiger partial charge in [-0.2, -0.15) is 0 Å². The van der Waals surface area contributed by atoms with E-state index in [4.69, 9.17) is 14.2 Å². The first-order chi connectivity index (χ1) is 18.4. The Hall–Kier alpha value is -2.96. The number of imidazole rings is 1. The maximum Gasteiger partial charge on any atom is 0.256 e. The molecule has 0 saturated carbocycles. The third kappa shape index (κ3) is 4.18. The number of benzene rings is 1. The topological polar surface area (TPSA) is 116 Å². The van der Waals surface area contributed by atoms with Gasteiger partial charge in [0, 0.05) is 30.7 Å². The van der Waals surface area contributed by atoms with Gasteiger partial charge in [0.05, 0.1) is 6.33 Å². The van der Waals surface area contributed by atoms with Crippen molar-refractivity contribution < 1.29 is 19.0 Å². The summed E-state index contributed by atoms with van der Waals surface area (Å²) in [6, 6.07) is 9.01. The number of hydrogen-bond donors (Lipinski definition) is 2. The number of likely N-dealkylation sites (tertiary alicyclic amines) is 1. The molecule has 4 saturated heterocycles. The Labute approximate surface area is 220 Å². The van der Waals surface area contributed by atoms with E-state index in [9.17, 15) is 4.79 Å². The molecule has 7 rings (SSSR count). The smallest absolute Gasteiger partial charge is 0.256 e. The number of carbonyl (C=O) groups excluding carboxylic acids is 1. The van der Waals surface area contributed by atoms with Crippen LogP contribution in [-0.2, 0) is 14.2 Å². The van der Waals surface area contributed by atoms with Crippen LogP contribution in [0, 0.1) is 0 Å². The van der Waals surface area contributed by atoms with Gasteiger partial charge in [0.2, 0.25) is 0 Å². The summed E-state index contributed by atoms with van der Waals surface area (Å²) in [7, 11) is 0. The number of piperidine rings is 1. The summed E-state index contributed by atoms with van der Waals surface area (Å²) in [6.45, 7) is 7.83. The lowest BCUT2D eigenvalue weighted by atomic mass is 9.81. The highest BCUT2D eigenvalue weighted by Crippen LogP contribution is 2.44. The van der Waals surface area contributed by atoms with Gasteiger partial charge in [-0.15, -0.1) is 0 Å². The van der Waals surface area contributed by atoms with Gasteiger partial charge >= 0.3 is 0 Å². The first-order valence-electron chi connectivity index (χ1n) is 13.4. The first kappa shape index (κ1) is 24.1. The molecule has 0 aliphatic carbocycles. The van der Waals surface area contributed by atoms with Gasteiger partial charge < -0.3 is 24.8 Å². The summed E-state index contributed by atoms with van der Waals surface area (Å²) in [5.41, 5.74) is 1.86. The molecule has 2 aromatic heterocycles. The Morgan fingerprint density at radius 1 is 1.11 bits per heavy atom. The fourth-order valence-corrected chi connectivity index (χ4v) is 6.42. The monoisotopic (exact) mass is 519 g/mol. The number of rotatable bonds is 5. The van der Waals surface area contributed by atoms with E-state index < -0.39 is 12.0 Å². The van der Waals surface area contributed by atoms with Crippen LogP contribution in [0.25, 0.3) is 11.2 Å². The van der Waals surface area contributed by atoms with Crippen LogP contribution in [0.2, 0.25) is 0 Å². The zero-order valence-electron chi connectivity index (χ0n) is 21.7. The zero-order valence-corrected chi connectivity index (χ0v) is 21.7. The number of ether oxygens (including phenoxy) is 3. The van der Waals surface area contributed by atoms with E-state index in [0.29, 0.717) is 22.5 Å². The molecule has 4 fully saturated rings. The molecule has 6 heterocycles. The summed E-state index contributed by atoms with van der Waals surface area (Å²) in [5.74, 6) is -0.619. The number of carbonyl (C=O) groups is 1. The van der Waals surface area contributed by atoms with Gasteiger partial charge in [-0.05, 0) is 45.4 Å². The third-order valence-corrected chi connectivity index (χ3v) is 8.10. The van der Waals surface area contributed by atoms with Gasteiger partial charge in [-0.1, -0.05) is 24.6 Å². The standard InChI is InChI=1S/C27H33N7O4/c1-26(2)37-20-18(12-33-13-27(14-33)10-6-7-11-31-27)36-25(21(20)38-26)34-16-30-19-22(28-15-29-23(19)34)32-24(35)17-8-4-3-5-9-17/h3-5,8-9,15-16,18,20-21,25,31H,6-7,10-14H2,1-2H3,(H,28,29,32,35)/t18-,20-,21-,25-/m1/s1. The molecule has 1 spiro atoms. The van der Waals surface area contributed by atoms with E-state index in [2.05, 4.69) is 30.5 Å². The molecule has 4 aliphatic heterocycles. The summed E-state index contributed by atoms with van der Waals surface area (Å²) < 4.78 is 21.2. The van der Waals surface area contributed by atoms with Crippen LogP contribution in [-0.4, -0.2) is 86.1 Å². The number of aromatic nitrogens is 4. The molecular weight excluding hydrogens is 486 g/mol. The Kier molecular flexibility index (Phi) is 5.75. The van der Waals surface area contributed by atoms with Crippen LogP contribution in [0.15, 0.2) is 43.0 Å². The average molecular weight is 520 g/mol. The second-order valence-corrected chi connectivity index (χ2v) is 11.3. The van der Waals surface area contributed by atoms with E-state index in [0.717, 1.165) is 26.2 Å². The normalized spacial score (nSPS) is 29.8. The minimum Gasteiger partial charge on any atom is -0.348 e. The first-order valence-corrected chi connectivity index (χ1v) is 13.4. The van der Waals surface area contributed by atoms with Gasteiger partial charge in [0.1, 0.15) is 24.6 Å². The average Bonchev–Trinajstić information content (AvgIpc) is 3.56. The van der Waals surface area contributed by atoms with Crippen LogP contribution in [0.4, 0.5) is 5.82 Å². The predicted molar refractivity (Wildman–Crippen MR) is 138 cm³/mol. The van der Waals surface area contributed by atoms with Crippen molar-refractivity contribution in [1.82, 2.24) is 29.7 Å². The highest BCUT2D eigenvalue weighted by molar-refractivity contribution is 6.06. The summed E-state index contributed by atoms with van der Waals surface area (Å²) in [5, 5.41) is 6.60. The van der Waals surface area contributed by atoms with E-state index in [1.165, 1.54) is 25.6 Å². The van der Waals surface area contributed by atoms with Gasteiger partial charge in [0.25, 0.3) is 5.91 Å². The maximum absolute atomic E-state index is 12.8. The van der Waals surface area contributed by atoms with Crippen LogP contribution in [0.1, 0.15) is 49.7 Å². The lowest BCUT2D eigenvalue weighted by Crippen LogP contribution is -2.71. The number of anilines is 1. The SMILES string of the molecule is CC1(C)O[C@@H]2[C@H](O1)[C@@H](CN1CC3(CCCCN3)C1)O[C@H]2n1cnc2c(NC(=O)c3ccccc3)ncnc21. The van der Waals surface area contributed by atoms with Crippen LogP contribution in [0.5, 0.6) is 0 Å². The maximum atomic E-state index is 12.8. The molecule has 0 bridgehead atoms. The fourth-order valence-electron chi connectivity index (χ4n) is 6.42. The number of nitrogens with one attached hydrogen (secondary N) is 2. The van der Waals surface area contributed by atoms with Crippen LogP contribution >= 0.6 is 0 Å². The van der Waals surface area contributed by atoms with Gasteiger partial charge in [-0.25, -0.2) is 15.0 Å². The van der Waals surface area contributed by atoms with Gasteiger partial charge in [-0.3, -0.25) is 14.3 Å². The van der Waals surface area contributed by atoms with Crippen molar-refractivity contribution in [3.05, 3.63) is 48.5 Å². The molecule has 2 N–H and O–H groups in total. The molecule has 3 aromatic rings. The summed E-state index contributed by atoms with van der Waals surface area (Å²) in [6.07, 6.45) is 5.77. The highest BCUT2D eigenvalue weighted by atomic mass is 16.8. The molecule has 0 radical (unpaired) electrons. The Bertz CT molecular complexity index is 1330. The third-order valence-electron chi connectivity index (χ3n) is 8.10. The van der Waals surface area contributed by atoms with E-state index in [-0.39, 0.29) is 29.8 Å². The number of hydrogen-bond acceptors (Lipinski definition) is 9. The predicted octanol–water partition coefficient (Wildman–Crippen LogP) is 2.32. The molecule has 0 unspecified atom stereocenters. The number of amides is 1. The van der Waals surface area contributed by atoms with Crippen molar-refractivity contribution in [2.24, 2.45) is 0 Å². The number of fused-ring (bicyclic) bond motifs is 2. The van der Waals surface area contributed by atoms with Crippen molar-refractivity contribution in [2.45, 2.75) is 69.0 Å². The van der Waals surface area contributed by atoms with Gasteiger partial charge in [0.15, 0.2) is 29.0 Å². The lowest BCUT2D eigenvalue weighted by Gasteiger charge is -2.53. The van der Waals surface area contributed by atoms with Crippen molar-refractivity contribution in [1.29, 1.82) is 0 Å². The molecule has 11 nitrogen and oxygen atoms in total. The largest absolute Gasteiger partial charge is 0.348 e. The summed E-state index contributed by atoms with van der Waals surface area (Å²) in [4.78, 5) is 28.5. The minimum atomic E-state index is -0.711. The van der Waals surface area contributed by atoms with Crippen molar-refractivity contribution in [3.8, 4) is 0 Å². The Morgan fingerprint density at radius 2 is 1.92 bits per heavy atom. The van der Waals surface area contributed by atoms with Crippen LogP contribution in [0.3, 0.4) is 0 Å². The molecule has 38 heavy (non-hydrogen) atoms. The lowest BCUT2D eigenvalue weighted by molar-refractivity contribution is -0.200. The molecule has 200 valence electrons. The second-order valence-electron chi connectivity index (χ2n) is 11.3. The molecule has 4 atom stereocenters. The van der Waals surface area contributed by atoms with Crippen molar-refractivity contribution in [3.63, 3.8) is 0 Å². The van der Waals surface area contributed by atoms with Crippen molar-refractivity contribution in [2.75, 3.05) is 31.5 Å². The molecule has 1 amide bonds. The minimum absolute atomic E-state index is 0.149. The van der Waals surface area contributed by atoms with E-state index in [1.54, 1.807) is 18.5 Å². The molecular formula is C27H33N7O4. The zero-order chi connectivity index (χ0) is 25.9.